The zero-order valence-corrected chi connectivity index (χ0v) is 14.9. The van der Waals surface area contributed by atoms with E-state index >= 15 is 0 Å². The molecule has 6 nitrogen and oxygen atoms in total. The van der Waals surface area contributed by atoms with E-state index in [4.69, 9.17) is 10.00 Å². The van der Waals surface area contributed by atoms with Crippen molar-refractivity contribution >= 4 is 6.29 Å². The monoisotopic (exact) mass is 374 g/mol. The third kappa shape index (κ3) is 9.18. The molecular weight excluding hydrogens is 354 g/mol. The second-order valence-corrected chi connectivity index (χ2v) is 5.41. The van der Waals surface area contributed by atoms with E-state index in [1.54, 1.807) is 7.05 Å². The Kier molecular flexibility index (Phi) is 9.89. The summed E-state index contributed by atoms with van der Waals surface area (Å²) in [5, 5.41) is 11.4. The lowest BCUT2D eigenvalue weighted by Crippen LogP contribution is -2.05. The van der Waals surface area contributed by atoms with Gasteiger partial charge in [0.2, 0.25) is 5.88 Å². The second-order valence-electron chi connectivity index (χ2n) is 5.41. The van der Waals surface area contributed by atoms with Gasteiger partial charge in [0.25, 0.3) is 0 Å². The number of nitrogens with zero attached hydrogens (tertiary/aromatic N) is 3. The van der Waals surface area contributed by atoms with Crippen molar-refractivity contribution in [2.75, 3.05) is 13.7 Å². The van der Waals surface area contributed by atoms with Crippen LogP contribution in [0.25, 0.3) is 0 Å². The van der Waals surface area contributed by atoms with Crippen LogP contribution >= 0.6 is 0 Å². The zero-order valence-electron chi connectivity index (χ0n) is 14.9. The van der Waals surface area contributed by atoms with Gasteiger partial charge in [-0.1, -0.05) is 6.58 Å². The molecule has 1 aromatic carbocycles. The molecule has 0 spiro atoms. The third-order valence-corrected chi connectivity index (χ3v) is 3.10. The van der Waals surface area contributed by atoms with E-state index in [1.165, 1.54) is 24.5 Å². The molecule has 1 N–H and O–H groups in total. The van der Waals surface area contributed by atoms with E-state index in [0.717, 1.165) is 17.9 Å². The molecule has 0 atom stereocenters. The van der Waals surface area contributed by atoms with Gasteiger partial charge < -0.3 is 14.8 Å². The molecule has 27 heavy (non-hydrogen) atoms. The first-order valence-electron chi connectivity index (χ1n) is 8.03. The highest BCUT2D eigenvalue weighted by molar-refractivity contribution is 5.49. The van der Waals surface area contributed by atoms with Crippen molar-refractivity contribution in [1.29, 1.82) is 5.26 Å². The average molecular weight is 374 g/mol. The van der Waals surface area contributed by atoms with Gasteiger partial charge >= 0.3 is 0 Å². The van der Waals surface area contributed by atoms with Crippen molar-refractivity contribution in [2.24, 2.45) is 0 Å². The maximum absolute atomic E-state index is 12.5. The topological polar surface area (TPSA) is 87.9 Å². The Bertz CT molecular complexity index is 786. The number of hydrogen-bond acceptors (Lipinski definition) is 6. The van der Waals surface area contributed by atoms with E-state index in [2.05, 4.69) is 21.9 Å². The maximum Gasteiger partial charge on any atom is 0.217 e. The van der Waals surface area contributed by atoms with Crippen molar-refractivity contribution in [3.05, 3.63) is 65.6 Å². The van der Waals surface area contributed by atoms with Crippen LogP contribution in [-0.4, -0.2) is 29.9 Å². The number of carbonyl (C=O) groups is 1. The fourth-order valence-corrected chi connectivity index (χ4v) is 1.91. The Morgan fingerprint density at radius 3 is 2.59 bits per heavy atom. The van der Waals surface area contributed by atoms with Gasteiger partial charge in [-0.2, -0.15) is 5.26 Å². The predicted molar refractivity (Wildman–Crippen MR) is 95.8 cm³/mol. The number of halogens is 2. The Morgan fingerprint density at radius 2 is 2.00 bits per heavy atom. The molecule has 0 radical (unpaired) electrons. The standard InChI is InChI=1S/C11H11N3O2.C8H9F2N/c1-9(3-2-4-15)7-16-11-5-10(6-12)13-8-14-11;1-11-5-6-2-7(9)4-8(10)3-6/h4-5,8H,1-3,7H2;2-4,11H,5H2,1H3. The van der Waals surface area contributed by atoms with Gasteiger partial charge in [-0.3, -0.25) is 0 Å². The first kappa shape index (κ1) is 21.9. The van der Waals surface area contributed by atoms with Gasteiger partial charge in [-0.15, -0.1) is 0 Å². The van der Waals surface area contributed by atoms with E-state index in [0.29, 0.717) is 30.8 Å². The molecule has 0 aliphatic carbocycles. The fourth-order valence-electron chi connectivity index (χ4n) is 1.91. The van der Waals surface area contributed by atoms with Crippen LogP contribution < -0.4 is 10.1 Å². The summed E-state index contributed by atoms with van der Waals surface area (Å²) in [7, 11) is 1.73. The molecule has 0 bridgehead atoms. The summed E-state index contributed by atoms with van der Waals surface area (Å²) in [5.74, 6) is -0.732. The minimum Gasteiger partial charge on any atom is -0.473 e. The Labute approximate surface area is 156 Å². The highest BCUT2D eigenvalue weighted by atomic mass is 19.1. The number of benzene rings is 1. The van der Waals surface area contributed by atoms with Gasteiger partial charge in [0.05, 0.1) is 0 Å². The molecule has 0 saturated heterocycles. The highest BCUT2D eigenvalue weighted by Crippen LogP contribution is 2.09. The van der Waals surface area contributed by atoms with E-state index in [9.17, 15) is 13.6 Å². The number of aldehydes is 1. The van der Waals surface area contributed by atoms with Crippen molar-refractivity contribution in [1.82, 2.24) is 15.3 Å². The number of nitriles is 1. The van der Waals surface area contributed by atoms with E-state index in [1.807, 2.05) is 6.07 Å². The number of nitrogens with one attached hydrogen (secondary N) is 1. The lowest BCUT2D eigenvalue weighted by molar-refractivity contribution is -0.107. The molecule has 0 amide bonds. The highest BCUT2D eigenvalue weighted by Gasteiger charge is 2.00. The smallest absolute Gasteiger partial charge is 0.217 e. The van der Waals surface area contributed by atoms with Crippen molar-refractivity contribution in [3.8, 4) is 11.9 Å². The quantitative estimate of drug-likeness (QED) is 0.565. The van der Waals surface area contributed by atoms with Crippen LogP contribution in [0.3, 0.4) is 0 Å². The minimum atomic E-state index is -0.532. The van der Waals surface area contributed by atoms with Gasteiger partial charge in [-0.05, 0) is 36.7 Å². The molecule has 1 aromatic heterocycles. The molecule has 0 fully saturated rings. The molecule has 2 aromatic rings. The zero-order chi connectivity index (χ0) is 20.1. The second kappa shape index (κ2) is 12.2. The average Bonchev–Trinajstić information content (AvgIpc) is 2.65. The minimum absolute atomic E-state index is 0.253. The first-order valence-corrected chi connectivity index (χ1v) is 8.03. The van der Waals surface area contributed by atoms with Crippen LogP contribution in [-0.2, 0) is 11.3 Å². The number of ether oxygens (including phenoxy) is 1. The summed E-state index contributed by atoms with van der Waals surface area (Å²) in [6, 6.07) is 6.81. The molecule has 0 saturated carbocycles. The Morgan fingerprint density at radius 1 is 1.30 bits per heavy atom. The first-order chi connectivity index (χ1) is 13.0. The number of carbonyl (C=O) groups excluding carboxylic acids is 1. The Hall–Kier alpha value is -3.18. The third-order valence-electron chi connectivity index (χ3n) is 3.10. The molecular formula is C19H20F2N4O2. The van der Waals surface area contributed by atoms with Crippen LogP contribution in [0, 0.1) is 23.0 Å². The molecule has 1 heterocycles. The lowest BCUT2D eigenvalue weighted by Gasteiger charge is -2.06. The van der Waals surface area contributed by atoms with Crippen LogP contribution in [0.2, 0.25) is 0 Å². The normalized spacial score (nSPS) is 9.56. The van der Waals surface area contributed by atoms with E-state index in [-0.39, 0.29) is 12.3 Å². The molecule has 2 rings (SSSR count). The molecule has 0 aliphatic heterocycles. The summed E-state index contributed by atoms with van der Waals surface area (Å²) in [6.07, 6.45) is 3.14. The van der Waals surface area contributed by atoms with Crippen LogP contribution in [0.4, 0.5) is 8.78 Å². The molecule has 0 aliphatic rings. The summed E-state index contributed by atoms with van der Waals surface area (Å²) in [4.78, 5) is 17.7. The fraction of sp³-hybridized carbons (Fsp3) is 0.263. The molecule has 8 heteroatoms. The maximum atomic E-state index is 12.5. The van der Waals surface area contributed by atoms with Gasteiger partial charge in [0, 0.05) is 25.1 Å². The van der Waals surface area contributed by atoms with Crippen LogP contribution in [0.1, 0.15) is 24.1 Å². The molecule has 142 valence electrons. The number of rotatable bonds is 8. The van der Waals surface area contributed by atoms with Crippen molar-refractivity contribution in [3.63, 3.8) is 0 Å². The summed E-state index contributed by atoms with van der Waals surface area (Å²) in [5.41, 5.74) is 1.68. The summed E-state index contributed by atoms with van der Waals surface area (Å²) in [6.45, 7) is 4.53. The number of aromatic nitrogens is 2. The van der Waals surface area contributed by atoms with Crippen molar-refractivity contribution < 1.29 is 18.3 Å². The predicted octanol–water partition coefficient (Wildman–Crippen LogP) is 2.95. The largest absolute Gasteiger partial charge is 0.473 e. The summed E-state index contributed by atoms with van der Waals surface area (Å²) >= 11 is 0. The molecule has 0 unspecified atom stereocenters. The summed E-state index contributed by atoms with van der Waals surface area (Å²) < 4.78 is 30.3. The number of hydrogen-bond donors (Lipinski definition) is 1. The van der Waals surface area contributed by atoms with Crippen molar-refractivity contribution in [2.45, 2.75) is 19.4 Å². The van der Waals surface area contributed by atoms with Gasteiger partial charge in [-0.25, -0.2) is 18.7 Å². The SMILES string of the molecule is C=C(CCC=O)COc1cc(C#N)ncn1.CNCc1cc(F)cc(F)c1. The van der Waals surface area contributed by atoms with Crippen LogP contribution in [0.15, 0.2) is 42.7 Å². The van der Waals surface area contributed by atoms with Gasteiger partial charge in [0.15, 0.2) is 0 Å². The Balaban J connectivity index is 0.000000289. The van der Waals surface area contributed by atoms with E-state index < -0.39 is 11.6 Å². The van der Waals surface area contributed by atoms with Crippen LogP contribution in [0.5, 0.6) is 5.88 Å². The lowest BCUT2D eigenvalue weighted by atomic mass is 10.2. The van der Waals surface area contributed by atoms with Gasteiger partial charge in [0.1, 0.15) is 42.6 Å².